The monoisotopic (exact) mass is 436 g/mol. The van der Waals surface area contributed by atoms with Gasteiger partial charge in [0, 0.05) is 37.2 Å². The van der Waals surface area contributed by atoms with Crippen molar-refractivity contribution in [3.63, 3.8) is 0 Å². The summed E-state index contributed by atoms with van der Waals surface area (Å²) in [6.07, 6.45) is -1.37. The van der Waals surface area contributed by atoms with Crippen LogP contribution in [0.4, 0.5) is 13.2 Å². The number of carboxylic acid groups (broad SMARTS) is 1. The Morgan fingerprint density at radius 2 is 1.97 bits per heavy atom. The number of aromatic nitrogens is 5. The maximum atomic E-state index is 12.5. The summed E-state index contributed by atoms with van der Waals surface area (Å²) in [5.74, 6) is -2.17. The number of alkyl halides is 3. The van der Waals surface area contributed by atoms with E-state index in [0.717, 1.165) is 29.8 Å². The van der Waals surface area contributed by atoms with Crippen molar-refractivity contribution in [1.29, 1.82) is 0 Å². The van der Waals surface area contributed by atoms with Crippen molar-refractivity contribution in [2.75, 3.05) is 13.6 Å². The summed E-state index contributed by atoms with van der Waals surface area (Å²) >= 11 is 0. The van der Waals surface area contributed by atoms with Crippen LogP contribution in [-0.4, -0.2) is 59.9 Å². The van der Waals surface area contributed by atoms with Gasteiger partial charge < -0.3 is 10.1 Å². The molecule has 164 valence electrons. The van der Waals surface area contributed by atoms with Crippen molar-refractivity contribution >= 4 is 22.8 Å². The lowest BCUT2D eigenvalue weighted by Gasteiger charge is -2.16. The molecule has 2 N–H and O–H groups in total. The normalized spacial score (nSPS) is 11.6. The first-order valence-corrected chi connectivity index (χ1v) is 9.10. The molecule has 12 heteroatoms. The van der Waals surface area contributed by atoms with E-state index in [4.69, 9.17) is 9.90 Å². The predicted octanol–water partition coefficient (Wildman–Crippen LogP) is 2.14. The molecular weight excluding hydrogens is 417 g/mol. The Morgan fingerprint density at radius 1 is 1.26 bits per heavy atom. The fourth-order valence-corrected chi connectivity index (χ4v) is 2.89. The molecule has 4 rings (SSSR count). The van der Waals surface area contributed by atoms with Gasteiger partial charge in [0.05, 0.1) is 17.6 Å². The number of aromatic amines is 1. The van der Waals surface area contributed by atoms with Crippen LogP contribution in [0.25, 0.3) is 16.8 Å². The maximum Gasteiger partial charge on any atom is 0.490 e. The lowest BCUT2D eigenvalue weighted by molar-refractivity contribution is -0.192. The SMILES string of the molecule is CN(CCn1cccn1)Cc1cc(=O)n2c(nc3ccccc32)[nH]1.O=C(O)C(F)(F)F. The molecule has 0 saturated carbocycles. The molecule has 0 aliphatic rings. The molecule has 3 heterocycles. The lowest BCUT2D eigenvalue weighted by Crippen LogP contribution is -2.25. The number of rotatable bonds is 5. The lowest BCUT2D eigenvalue weighted by atomic mass is 10.3. The number of likely N-dealkylation sites (N-methyl/N-ethyl adjacent to an activating group) is 1. The summed E-state index contributed by atoms with van der Waals surface area (Å²) < 4.78 is 35.2. The Hall–Kier alpha value is -3.67. The van der Waals surface area contributed by atoms with Gasteiger partial charge in [0.1, 0.15) is 0 Å². The third-order valence-electron chi connectivity index (χ3n) is 4.30. The van der Waals surface area contributed by atoms with E-state index in [-0.39, 0.29) is 5.56 Å². The molecule has 0 amide bonds. The van der Waals surface area contributed by atoms with Crippen molar-refractivity contribution in [1.82, 2.24) is 29.0 Å². The number of aliphatic carboxylic acids is 1. The number of hydrogen-bond acceptors (Lipinski definition) is 5. The van der Waals surface area contributed by atoms with E-state index in [9.17, 15) is 18.0 Å². The van der Waals surface area contributed by atoms with Crippen molar-refractivity contribution < 1.29 is 23.1 Å². The number of carboxylic acids is 1. The van der Waals surface area contributed by atoms with Crippen molar-refractivity contribution in [2.24, 2.45) is 0 Å². The Bertz CT molecular complexity index is 1230. The van der Waals surface area contributed by atoms with Crippen molar-refractivity contribution in [3.8, 4) is 0 Å². The highest BCUT2D eigenvalue weighted by Crippen LogP contribution is 2.14. The third kappa shape index (κ3) is 5.48. The molecule has 31 heavy (non-hydrogen) atoms. The third-order valence-corrected chi connectivity index (χ3v) is 4.30. The summed E-state index contributed by atoms with van der Waals surface area (Å²) in [5.41, 5.74) is 2.43. The van der Waals surface area contributed by atoms with Gasteiger partial charge in [0.2, 0.25) is 5.78 Å². The highest BCUT2D eigenvalue weighted by molar-refractivity contribution is 5.79. The number of benzene rings is 1. The fourth-order valence-electron chi connectivity index (χ4n) is 2.89. The molecule has 3 aromatic heterocycles. The number of nitrogens with zero attached hydrogens (tertiary/aromatic N) is 5. The second-order valence-electron chi connectivity index (χ2n) is 6.70. The summed E-state index contributed by atoms with van der Waals surface area (Å²) in [6.45, 7) is 2.30. The molecular formula is C19H19F3N6O3. The maximum absolute atomic E-state index is 12.5. The minimum Gasteiger partial charge on any atom is -0.475 e. The largest absolute Gasteiger partial charge is 0.490 e. The first-order valence-electron chi connectivity index (χ1n) is 9.10. The number of halogens is 3. The molecule has 0 spiro atoms. The average molecular weight is 436 g/mol. The van der Waals surface area contributed by atoms with Crippen LogP contribution in [0, 0.1) is 0 Å². The molecule has 0 aliphatic carbocycles. The van der Waals surface area contributed by atoms with Crippen LogP contribution in [0.1, 0.15) is 5.69 Å². The molecule has 0 unspecified atom stereocenters. The molecule has 1 aromatic carbocycles. The summed E-state index contributed by atoms with van der Waals surface area (Å²) in [7, 11) is 2.02. The minimum atomic E-state index is -5.08. The van der Waals surface area contributed by atoms with E-state index in [1.807, 2.05) is 48.3 Å². The number of para-hydroxylation sites is 2. The number of carbonyl (C=O) groups is 1. The second kappa shape index (κ2) is 9.00. The topological polar surface area (TPSA) is 109 Å². The number of imidazole rings is 1. The van der Waals surface area contributed by atoms with E-state index < -0.39 is 12.1 Å². The zero-order chi connectivity index (χ0) is 22.6. The van der Waals surface area contributed by atoms with Gasteiger partial charge in [-0.3, -0.25) is 14.4 Å². The summed E-state index contributed by atoms with van der Waals surface area (Å²) in [5, 5.41) is 11.3. The number of H-pyrrole nitrogens is 1. The van der Waals surface area contributed by atoms with Gasteiger partial charge in [-0.2, -0.15) is 18.3 Å². The Labute approximate surface area is 173 Å². The first-order chi connectivity index (χ1) is 14.6. The van der Waals surface area contributed by atoms with Crippen LogP contribution in [0.15, 0.2) is 53.6 Å². The van der Waals surface area contributed by atoms with Crippen LogP contribution >= 0.6 is 0 Å². The Kier molecular flexibility index (Phi) is 6.39. The summed E-state index contributed by atoms with van der Waals surface area (Å²) in [6, 6.07) is 11.2. The van der Waals surface area contributed by atoms with Gasteiger partial charge in [-0.05, 0) is 25.2 Å². The van der Waals surface area contributed by atoms with Gasteiger partial charge in [-0.15, -0.1) is 0 Å². The molecule has 0 saturated heterocycles. The molecule has 0 bridgehead atoms. The highest BCUT2D eigenvalue weighted by Gasteiger charge is 2.38. The van der Waals surface area contributed by atoms with Crippen molar-refractivity contribution in [2.45, 2.75) is 19.3 Å². The number of nitrogens with one attached hydrogen (secondary N) is 1. The fraction of sp³-hybridized carbons (Fsp3) is 0.263. The molecule has 0 atom stereocenters. The van der Waals surface area contributed by atoms with E-state index in [0.29, 0.717) is 12.3 Å². The van der Waals surface area contributed by atoms with Gasteiger partial charge in [-0.25, -0.2) is 14.2 Å². The zero-order valence-corrected chi connectivity index (χ0v) is 16.4. The quantitative estimate of drug-likeness (QED) is 0.496. The Balaban J connectivity index is 0.000000339. The Morgan fingerprint density at radius 3 is 2.61 bits per heavy atom. The predicted molar refractivity (Wildman–Crippen MR) is 106 cm³/mol. The van der Waals surface area contributed by atoms with E-state index in [2.05, 4.69) is 20.0 Å². The first kappa shape index (κ1) is 22.0. The van der Waals surface area contributed by atoms with Gasteiger partial charge in [0.25, 0.3) is 5.56 Å². The van der Waals surface area contributed by atoms with Gasteiger partial charge >= 0.3 is 12.1 Å². The standard InChI is InChI=1S/C17H18N6O.C2HF3O2/c1-21(9-10-22-8-4-7-18-22)12-13-11-16(24)23-15-6-3-2-5-14(15)20-17(23)19-13;3-2(4,5)1(6)7/h2-8,11H,9-10,12H2,1H3,(H,19,20);(H,6,7). The average Bonchev–Trinajstić information content (AvgIpc) is 3.33. The molecule has 9 nitrogen and oxygen atoms in total. The van der Waals surface area contributed by atoms with Crippen molar-refractivity contribution in [3.05, 3.63) is 64.8 Å². The zero-order valence-electron chi connectivity index (χ0n) is 16.4. The van der Waals surface area contributed by atoms with E-state index in [1.54, 1.807) is 16.7 Å². The minimum absolute atomic E-state index is 0.0621. The molecule has 0 radical (unpaired) electrons. The smallest absolute Gasteiger partial charge is 0.475 e. The molecule has 0 fully saturated rings. The number of fused-ring (bicyclic) bond motifs is 3. The highest BCUT2D eigenvalue weighted by atomic mass is 19.4. The van der Waals surface area contributed by atoms with Crippen LogP contribution in [-0.2, 0) is 17.9 Å². The van der Waals surface area contributed by atoms with Gasteiger partial charge in [-0.1, -0.05) is 12.1 Å². The van der Waals surface area contributed by atoms with Crippen LogP contribution in [0.2, 0.25) is 0 Å². The van der Waals surface area contributed by atoms with Crippen LogP contribution < -0.4 is 5.56 Å². The van der Waals surface area contributed by atoms with Crippen LogP contribution in [0.5, 0.6) is 0 Å². The van der Waals surface area contributed by atoms with E-state index >= 15 is 0 Å². The molecule has 4 aromatic rings. The molecule has 0 aliphatic heterocycles. The number of hydrogen-bond donors (Lipinski definition) is 2. The summed E-state index contributed by atoms with van der Waals surface area (Å²) in [4.78, 5) is 31.3. The van der Waals surface area contributed by atoms with Gasteiger partial charge in [0.15, 0.2) is 0 Å². The second-order valence-corrected chi connectivity index (χ2v) is 6.70. The van der Waals surface area contributed by atoms with Crippen LogP contribution in [0.3, 0.4) is 0 Å². The van der Waals surface area contributed by atoms with E-state index in [1.165, 1.54) is 0 Å².